The van der Waals surface area contributed by atoms with Crippen LogP contribution in [0.25, 0.3) is 0 Å². The predicted octanol–water partition coefficient (Wildman–Crippen LogP) is 3.51. The maximum Gasteiger partial charge on any atom is 0.351 e. The highest BCUT2D eigenvalue weighted by Gasteiger charge is 2.54. The third kappa shape index (κ3) is 8.34. The first-order chi connectivity index (χ1) is 32.9. The van der Waals surface area contributed by atoms with Crippen molar-refractivity contribution in [1.29, 1.82) is 0 Å². The lowest BCUT2D eigenvalue weighted by Gasteiger charge is -2.33. The van der Waals surface area contributed by atoms with Gasteiger partial charge in [0.2, 0.25) is 13.6 Å². The van der Waals surface area contributed by atoms with Gasteiger partial charge in [-0.1, -0.05) is 18.2 Å². The van der Waals surface area contributed by atoms with Crippen LogP contribution in [0.1, 0.15) is 66.2 Å². The number of methoxy groups -OCH3 is 4. The molecule has 2 N–H and O–H groups in total. The normalized spacial score (nSPS) is 25.9. The van der Waals surface area contributed by atoms with Crippen molar-refractivity contribution in [3.8, 4) is 23.0 Å². The minimum Gasteiger partial charge on any atom is -0.501 e. The molecule has 7 aliphatic rings. The number of benzene rings is 2. The molecule has 1 fully saturated rings. The summed E-state index contributed by atoms with van der Waals surface area (Å²) in [5, 5.41) is 23.8. The topological polar surface area (TPSA) is 208 Å². The molecule has 2 aromatic carbocycles. The van der Waals surface area contributed by atoms with Crippen molar-refractivity contribution in [3.05, 3.63) is 94.5 Å². The van der Waals surface area contributed by atoms with E-state index >= 15 is 0 Å². The van der Waals surface area contributed by atoms with E-state index in [4.69, 9.17) is 47.4 Å². The van der Waals surface area contributed by atoms with Crippen LogP contribution < -0.4 is 18.9 Å². The summed E-state index contributed by atoms with van der Waals surface area (Å²) in [4.78, 5) is 59.1. The summed E-state index contributed by atoms with van der Waals surface area (Å²) >= 11 is 0. The lowest BCUT2D eigenvalue weighted by molar-refractivity contribution is -0.185. The van der Waals surface area contributed by atoms with Gasteiger partial charge >= 0.3 is 23.9 Å². The summed E-state index contributed by atoms with van der Waals surface area (Å²) in [5.41, 5.74) is -0.289. The Labute approximate surface area is 393 Å². The van der Waals surface area contributed by atoms with Gasteiger partial charge in [-0.2, -0.15) is 0 Å². The summed E-state index contributed by atoms with van der Waals surface area (Å²) in [6.07, 6.45) is 6.04. The van der Waals surface area contributed by atoms with E-state index in [-0.39, 0.29) is 38.2 Å². The molecule has 0 saturated carbocycles. The van der Waals surface area contributed by atoms with Gasteiger partial charge in [0.15, 0.2) is 34.7 Å². The van der Waals surface area contributed by atoms with E-state index in [2.05, 4.69) is 16.4 Å². The van der Waals surface area contributed by atoms with Crippen LogP contribution in [-0.2, 0) is 60.4 Å². The number of fused-ring (bicyclic) bond motifs is 7. The van der Waals surface area contributed by atoms with Gasteiger partial charge in [0.25, 0.3) is 5.60 Å². The highest BCUT2D eigenvalue weighted by atomic mass is 16.7. The Bertz CT molecular complexity index is 2450. The molecule has 18 nitrogen and oxygen atoms in total. The Kier molecular flexibility index (Phi) is 13.2. The standard InChI is InChI=1S/C50H58N2O16/c1-6-7-15-51-16-10-29-20-36-38(67-27-65-36)22-32(29)42-34(51)23-39(59-2)45(42)68-48(56)50(58,47(55)62-5)14-9-8-13-49(57,24-40(53)60-3)46(54)63-25-33-41-31-21-37-35(64-26-66-37)19-28(31)11-17-52-18-12-30(43(41)52)44(33)61-4/h6,8-9,19-23,33-34,41-43,45,57-58H,1,7,10-18,24-27H2,2-5H3/b9-8+/t33-,34-,41+,42-,43-,45+,49+,50+/m0/s1. The van der Waals surface area contributed by atoms with Crippen LogP contribution in [0.4, 0.5) is 0 Å². The Morgan fingerprint density at radius 3 is 2.04 bits per heavy atom. The molecule has 5 heterocycles. The average Bonchev–Trinajstić information content (AvgIpc) is 4.17. The lowest BCUT2D eigenvalue weighted by atomic mass is 9.82. The van der Waals surface area contributed by atoms with Gasteiger partial charge in [-0.3, -0.25) is 14.6 Å². The fourth-order valence-electron chi connectivity index (χ4n) is 11.2. The van der Waals surface area contributed by atoms with Gasteiger partial charge in [-0.25, -0.2) is 14.4 Å². The monoisotopic (exact) mass is 942 g/mol. The molecule has 0 radical (unpaired) electrons. The van der Waals surface area contributed by atoms with E-state index in [1.54, 1.807) is 7.11 Å². The molecule has 9 rings (SSSR count). The van der Waals surface area contributed by atoms with Gasteiger partial charge in [0.05, 0.1) is 40.8 Å². The Hall–Kier alpha value is -6.08. The number of carbonyl (C=O) groups excluding carboxylic acids is 4. The molecule has 5 aliphatic heterocycles. The van der Waals surface area contributed by atoms with Crippen LogP contribution in [0.15, 0.2) is 72.2 Å². The van der Waals surface area contributed by atoms with E-state index in [1.807, 2.05) is 36.4 Å². The lowest BCUT2D eigenvalue weighted by Crippen LogP contribution is -2.50. The molecule has 1 saturated heterocycles. The van der Waals surface area contributed by atoms with Crippen molar-refractivity contribution in [1.82, 2.24) is 9.80 Å². The molecule has 0 aromatic heterocycles. The largest absolute Gasteiger partial charge is 0.501 e. The van der Waals surface area contributed by atoms with Crippen LogP contribution in [0.3, 0.4) is 0 Å². The molecule has 18 heteroatoms. The van der Waals surface area contributed by atoms with Crippen molar-refractivity contribution in [2.45, 2.75) is 86.2 Å². The van der Waals surface area contributed by atoms with E-state index < -0.39 is 72.3 Å². The van der Waals surface area contributed by atoms with Crippen molar-refractivity contribution in [3.63, 3.8) is 0 Å². The van der Waals surface area contributed by atoms with Gasteiger partial charge in [-0.05, 0) is 83.9 Å². The highest BCUT2D eigenvalue weighted by Crippen LogP contribution is 2.54. The minimum atomic E-state index is -2.89. The number of nitrogens with zero attached hydrogens (tertiary/aromatic N) is 2. The van der Waals surface area contributed by atoms with Crippen molar-refractivity contribution < 1.29 is 76.8 Å². The summed E-state index contributed by atoms with van der Waals surface area (Å²) in [7, 11) is 5.19. The molecular weight excluding hydrogens is 885 g/mol. The van der Waals surface area contributed by atoms with Crippen LogP contribution in [0.5, 0.6) is 23.0 Å². The van der Waals surface area contributed by atoms with Crippen molar-refractivity contribution in [2.75, 3.05) is 74.8 Å². The molecule has 0 spiro atoms. The number of esters is 4. The van der Waals surface area contributed by atoms with E-state index in [9.17, 15) is 29.4 Å². The molecule has 0 amide bonds. The minimum absolute atomic E-state index is 0.00459. The fourth-order valence-corrected chi connectivity index (χ4v) is 11.2. The quantitative estimate of drug-likeness (QED) is 0.101. The molecule has 0 unspecified atom stereocenters. The van der Waals surface area contributed by atoms with Crippen LogP contribution in [-0.4, -0.2) is 148 Å². The third-order valence-corrected chi connectivity index (χ3v) is 14.5. The van der Waals surface area contributed by atoms with Gasteiger partial charge < -0.3 is 57.6 Å². The molecule has 364 valence electrons. The third-order valence-electron chi connectivity index (χ3n) is 14.5. The zero-order chi connectivity index (χ0) is 47.9. The van der Waals surface area contributed by atoms with E-state index in [1.165, 1.54) is 19.3 Å². The maximum atomic E-state index is 14.3. The second kappa shape index (κ2) is 19.1. The molecule has 2 aliphatic carbocycles. The zero-order valence-corrected chi connectivity index (χ0v) is 38.7. The highest BCUT2D eigenvalue weighted by molar-refractivity contribution is 6.03. The second-order valence-corrected chi connectivity index (χ2v) is 18.1. The first-order valence-electron chi connectivity index (χ1n) is 23.0. The Morgan fingerprint density at radius 1 is 0.779 bits per heavy atom. The molecular formula is C50H58N2O16. The van der Waals surface area contributed by atoms with Crippen LogP contribution in [0.2, 0.25) is 0 Å². The number of hydrogen-bond acceptors (Lipinski definition) is 18. The number of hydrogen-bond donors (Lipinski definition) is 2. The maximum absolute atomic E-state index is 14.3. The molecule has 0 bridgehead atoms. The number of carbonyl (C=O) groups is 4. The first kappa shape index (κ1) is 47.0. The molecule has 68 heavy (non-hydrogen) atoms. The summed E-state index contributed by atoms with van der Waals surface area (Å²) in [5.74, 6) is -2.26. The Balaban J connectivity index is 0.933. The van der Waals surface area contributed by atoms with Crippen molar-refractivity contribution in [2.24, 2.45) is 5.92 Å². The fraction of sp³-hybridized carbons (Fsp3) is 0.520. The number of aliphatic hydroxyl groups is 2. The van der Waals surface area contributed by atoms with Gasteiger partial charge in [0, 0.05) is 62.9 Å². The van der Waals surface area contributed by atoms with E-state index in [0.29, 0.717) is 60.4 Å². The first-order valence-corrected chi connectivity index (χ1v) is 23.0. The predicted molar refractivity (Wildman–Crippen MR) is 239 cm³/mol. The number of ether oxygens (including phenoxy) is 10. The zero-order valence-electron chi connectivity index (χ0n) is 38.7. The van der Waals surface area contributed by atoms with Gasteiger partial charge in [0.1, 0.15) is 18.1 Å². The average molecular weight is 943 g/mol. The van der Waals surface area contributed by atoms with Crippen LogP contribution in [0, 0.1) is 5.92 Å². The van der Waals surface area contributed by atoms with Gasteiger partial charge in [-0.15, -0.1) is 6.58 Å². The summed E-state index contributed by atoms with van der Waals surface area (Å²) in [6, 6.07) is 7.52. The Morgan fingerprint density at radius 2 is 1.41 bits per heavy atom. The van der Waals surface area contributed by atoms with Crippen LogP contribution >= 0.6 is 0 Å². The second-order valence-electron chi connectivity index (χ2n) is 18.1. The molecule has 2 aromatic rings. The number of rotatable bonds is 17. The van der Waals surface area contributed by atoms with Crippen molar-refractivity contribution >= 4 is 23.9 Å². The van der Waals surface area contributed by atoms with E-state index in [0.717, 1.165) is 68.0 Å². The smallest absolute Gasteiger partial charge is 0.351 e. The summed E-state index contributed by atoms with van der Waals surface area (Å²) < 4.78 is 56.5. The SMILES string of the molecule is C=CCCN1CCc2cc3c(cc2[C@@H]2[C@H](OC(=O)[C@@](O)(C/C=C/C[C@@](O)(CC(=O)OC)C(=O)OC[C@@H]4C(OC)=C5CCN6CCc7cc8c(cc7[C@H]4[C@H]56)OCO8)C(=O)OC)C(OC)=C[C@@H]21)OCO3. The molecule has 8 atom stereocenters. The summed E-state index contributed by atoms with van der Waals surface area (Å²) in [6.45, 7) is 6.89.